The van der Waals surface area contributed by atoms with Crippen molar-refractivity contribution in [2.24, 2.45) is 14.1 Å². The van der Waals surface area contributed by atoms with Crippen LogP contribution in [-0.4, -0.2) is 35.9 Å². The topological polar surface area (TPSA) is 90.5 Å². The van der Waals surface area contributed by atoms with Crippen molar-refractivity contribution in [1.82, 2.24) is 30.0 Å². The number of aromatic nitrogens is 6. The standard InChI is InChI=1S/C13H13N7O/c1-19-7-6-11(16-19)14-13(21)10-5-3-4-9(8-10)12-15-17-18-20(12)2/h3-8H,1-2H3,(H,14,16,21). The fourth-order valence-electron chi connectivity index (χ4n) is 1.94. The molecule has 0 atom stereocenters. The number of aryl methyl sites for hydroxylation is 2. The SMILES string of the molecule is Cn1ccc(NC(=O)c2cccc(-c3nnnn3C)c2)n1. The molecule has 0 unspecified atom stereocenters. The van der Waals surface area contributed by atoms with Gasteiger partial charge in [-0.25, -0.2) is 4.68 Å². The van der Waals surface area contributed by atoms with Crippen molar-refractivity contribution in [3.8, 4) is 11.4 Å². The zero-order valence-electron chi connectivity index (χ0n) is 11.6. The molecule has 2 heterocycles. The van der Waals surface area contributed by atoms with E-state index < -0.39 is 0 Å². The maximum absolute atomic E-state index is 12.2. The summed E-state index contributed by atoms with van der Waals surface area (Å²) in [6, 6.07) is 8.84. The normalized spacial score (nSPS) is 10.6. The van der Waals surface area contributed by atoms with Crippen molar-refractivity contribution >= 4 is 11.7 Å². The summed E-state index contributed by atoms with van der Waals surface area (Å²) >= 11 is 0. The van der Waals surface area contributed by atoms with E-state index in [1.54, 1.807) is 53.9 Å². The number of nitrogens with zero attached hydrogens (tertiary/aromatic N) is 6. The van der Waals surface area contributed by atoms with Gasteiger partial charge in [-0.05, 0) is 22.6 Å². The van der Waals surface area contributed by atoms with Gasteiger partial charge >= 0.3 is 0 Å². The quantitative estimate of drug-likeness (QED) is 0.770. The summed E-state index contributed by atoms with van der Waals surface area (Å²) in [7, 11) is 3.54. The second kappa shape index (κ2) is 5.16. The van der Waals surface area contributed by atoms with Gasteiger partial charge in [-0.2, -0.15) is 5.10 Å². The summed E-state index contributed by atoms with van der Waals surface area (Å²) in [5.74, 6) is 0.876. The number of tetrazole rings is 1. The van der Waals surface area contributed by atoms with E-state index in [9.17, 15) is 4.79 Å². The van der Waals surface area contributed by atoms with Crippen molar-refractivity contribution in [2.45, 2.75) is 0 Å². The van der Waals surface area contributed by atoms with Gasteiger partial charge in [-0.3, -0.25) is 9.48 Å². The molecule has 1 N–H and O–H groups in total. The molecule has 0 aliphatic heterocycles. The van der Waals surface area contributed by atoms with Gasteiger partial charge in [0.25, 0.3) is 5.91 Å². The first-order valence-corrected chi connectivity index (χ1v) is 6.27. The number of anilines is 1. The number of hydrogen-bond donors (Lipinski definition) is 1. The Morgan fingerprint density at radius 3 is 2.76 bits per heavy atom. The molecule has 21 heavy (non-hydrogen) atoms. The molecule has 0 saturated carbocycles. The predicted octanol–water partition coefficient (Wildman–Crippen LogP) is 0.863. The number of carbonyl (C=O) groups is 1. The minimum atomic E-state index is -0.231. The van der Waals surface area contributed by atoms with Gasteiger partial charge in [0.2, 0.25) is 0 Å². The molecule has 106 valence electrons. The van der Waals surface area contributed by atoms with Gasteiger partial charge < -0.3 is 5.32 Å². The van der Waals surface area contributed by atoms with Crippen molar-refractivity contribution < 1.29 is 4.79 Å². The van der Waals surface area contributed by atoms with Crippen LogP contribution in [-0.2, 0) is 14.1 Å². The van der Waals surface area contributed by atoms with E-state index in [2.05, 4.69) is 25.9 Å². The number of rotatable bonds is 3. The zero-order chi connectivity index (χ0) is 14.8. The van der Waals surface area contributed by atoms with Crippen LogP contribution < -0.4 is 5.32 Å². The van der Waals surface area contributed by atoms with Crippen molar-refractivity contribution in [1.29, 1.82) is 0 Å². The average Bonchev–Trinajstić information content (AvgIpc) is 3.07. The van der Waals surface area contributed by atoms with Gasteiger partial charge in [0, 0.05) is 37.5 Å². The second-order valence-electron chi connectivity index (χ2n) is 4.54. The average molecular weight is 283 g/mol. The van der Waals surface area contributed by atoms with E-state index in [1.807, 2.05) is 6.07 Å². The van der Waals surface area contributed by atoms with Crippen LogP contribution in [0.15, 0.2) is 36.5 Å². The van der Waals surface area contributed by atoms with Crippen LogP contribution in [0.1, 0.15) is 10.4 Å². The molecule has 0 spiro atoms. The zero-order valence-corrected chi connectivity index (χ0v) is 11.6. The maximum Gasteiger partial charge on any atom is 0.256 e. The molecule has 0 saturated heterocycles. The lowest BCUT2D eigenvalue weighted by molar-refractivity contribution is 0.102. The van der Waals surface area contributed by atoms with Crippen molar-refractivity contribution in [3.63, 3.8) is 0 Å². The molecule has 0 aliphatic carbocycles. The lowest BCUT2D eigenvalue weighted by atomic mass is 10.1. The third-order valence-electron chi connectivity index (χ3n) is 2.96. The minimum absolute atomic E-state index is 0.231. The highest BCUT2D eigenvalue weighted by molar-refractivity contribution is 6.04. The van der Waals surface area contributed by atoms with Crippen LogP contribution in [0.2, 0.25) is 0 Å². The molecule has 8 nitrogen and oxygen atoms in total. The molecule has 0 fully saturated rings. The van der Waals surface area contributed by atoms with Gasteiger partial charge in [0.05, 0.1) is 0 Å². The Hall–Kier alpha value is -3.03. The van der Waals surface area contributed by atoms with Crippen LogP contribution in [0, 0.1) is 0 Å². The van der Waals surface area contributed by atoms with E-state index in [-0.39, 0.29) is 5.91 Å². The van der Waals surface area contributed by atoms with Gasteiger partial charge in [-0.1, -0.05) is 12.1 Å². The number of nitrogens with one attached hydrogen (secondary N) is 1. The first kappa shape index (κ1) is 13.0. The fourth-order valence-corrected chi connectivity index (χ4v) is 1.94. The molecule has 8 heteroatoms. The summed E-state index contributed by atoms with van der Waals surface area (Å²) in [5, 5.41) is 18.1. The predicted molar refractivity (Wildman–Crippen MR) is 75.4 cm³/mol. The van der Waals surface area contributed by atoms with E-state index in [0.29, 0.717) is 17.2 Å². The molecule has 3 aromatic rings. The second-order valence-corrected chi connectivity index (χ2v) is 4.54. The monoisotopic (exact) mass is 283 g/mol. The first-order chi connectivity index (χ1) is 10.1. The minimum Gasteiger partial charge on any atom is -0.305 e. The number of amides is 1. The fraction of sp³-hybridized carbons (Fsp3) is 0.154. The van der Waals surface area contributed by atoms with Crippen molar-refractivity contribution in [3.05, 3.63) is 42.1 Å². The maximum atomic E-state index is 12.2. The van der Waals surface area contributed by atoms with Gasteiger partial charge in [0.15, 0.2) is 11.6 Å². The highest BCUT2D eigenvalue weighted by Gasteiger charge is 2.11. The van der Waals surface area contributed by atoms with Gasteiger partial charge in [0.1, 0.15) is 0 Å². The summed E-state index contributed by atoms with van der Waals surface area (Å²) in [5.41, 5.74) is 1.29. The molecule has 2 aromatic heterocycles. The Morgan fingerprint density at radius 1 is 1.24 bits per heavy atom. The summed E-state index contributed by atoms with van der Waals surface area (Å²) in [6.07, 6.45) is 1.76. The van der Waals surface area contributed by atoms with Crippen LogP contribution in [0.25, 0.3) is 11.4 Å². The van der Waals surface area contributed by atoms with Crippen LogP contribution in [0.5, 0.6) is 0 Å². The molecule has 0 bridgehead atoms. The Morgan fingerprint density at radius 2 is 2.10 bits per heavy atom. The summed E-state index contributed by atoms with van der Waals surface area (Å²) in [6.45, 7) is 0. The van der Waals surface area contributed by atoms with Crippen LogP contribution in [0.3, 0.4) is 0 Å². The first-order valence-electron chi connectivity index (χ1n) is 6.27. The van der Waals surface area contributed by atoms with Crippen molar-refractivity contribution in [2.75, 3.05) is 5.32 Å². The Balaban J connectivity index is 1.86. The third kappa shape index (κ3) is 2.64. The lowest BCUT2D eigenvalue weighted by Crippen LogP contribution is -2.12. The molecule has 1 aromatic carbocycles. The molecule has 0 aliphatic rings. The largest absolute Gasteiger partial charge is 0.305 e. The van der Waals surface area contributed by atoms with E-state index >= 15 is 0 Å². The molecule has 0 radical (unpaired) electrons. The van der Waals surface area contributed by atoms with E-state index in [1.165, 1.54) is 0 Å². The van der Waals surface area contributed by atoms with Crippen LogP contribution >= 0.6 is 0 Å². The summed E-state index contributed by atoms with van der Waals surface area (Å²) < 4.78 is 3.17. The molecular formula is C13H13N7O. The highest BCUT2D eigenvalue weighted by atomic mass is 16.1. The Bertz CT molecular complexity index is 789. The lowest BCUT2D eigenvalue weighted by Gasteiger charge is -2.04. The summed E-state index contributed by atoms with van der Waals surface area (Å²) in [4.78, 5) is 12.2. The number of hydrogen-bond acceptors (Lipinski definition) is 5. The Kier molecular flexibility index (Phi) is 3.19. The third-order valence-corrected chi connectivity index (χ3v) is 2.96. The molecular weight excluding hydrogens is 270 g/mol. The smallest absolute Gasteiger partial charge is 0.256 e. The Labute approximate surface area is 120 Å². The number of benzene rings is 1. The number of carbonyl (C=O) groups excluding carboxylic acids is 1. The molecule has 1 amide bonds. The van der Waals surface area contributed by atoms with Gasteiger partial charge in [-0.15, -0.1) is 5.10 Å². The van der Waals surface area contributed by atoms with E-state index in [4.69, 9.17) is 0 Å². The van der Waals surface area contributed by atoms with E-state index in [0.717, 1.165) is 5.56 Å². The molecule has 3 rings (SSSR count). The highest BCUT2D eigenvalue weighted by Crippen LogP contribution is 2.17. The van der Waals surface area contributed by atoms with Crippen LogP contribution in [0.4, 0.5) is 5.82 Å².